The number of halogens is 2. The monoisotopic (exact) mass is 501 g/mol. The third-order valence-electron chi connectivity index (χ3n) is 6.27. The number of aliphatic carboxylic acids is 1. The summed E-state index contributed by atoms with van der Waals surface area (Å²) in [5.41, 5.74) is 3.48. The van der Waals surface area contributed by atoms with E-state index in [4.69, 9.17) is 27.9 Å². The molecule has 0 bridgehead atoms. The number of hydrogen-bond acceptors (Lipinski definition) is 4. The molecule has 0 fully saturated rings. The first-order valence-corrected chi connectivity index (χ1v) is 11.7. The zero-order valence-electron chi connectivity index (χ0n) is 19.1. The molecule has 4 rings (SSSR count). The highest BCUT2D eigenvalue weighted by atomic mass is 35.5. The van der Waals surface area contributed by atoms with Crippen LogP contribution >= 0.6 is 23.2 Å². The minimum atomic E-state index is -0.851. The van der Waals surface area contributed by atoms with Crippen molar-refractivity contribution < 1.29 is 19.4 Å². The molecule has 1 N–H and O–H groups in total. The summed E-state index contributed by atoms with van der Waals surface area (Å²) in [6.45, 7) is 3.98. The molecule has 3 aromatic rings. The minimum Gasteiger partial charge on any atom is -0.481 e. The van der Waals surface area contributed by atoms with Crippen LogP contribution in [0.25, 0.3) is 11.1 Å². The highest BCUT2D eigenvalue weighted by molar-refractivity contribution is 6.40. The van der Waals surface area contributed by atoms with Crippen molar-refractivity contribution in [3.63, 3.8) is 0 Å². The maximum absolute atomic E-state index is 13.4. The molecule has 2 aromatic carbocycles. The SMILES string of the molecule is CC[C@@H](c1cccc2c1OCN(C(=O)c1c(Cl)cc(-c3cnn(C)c3)cc1Cl)C2)[C@H](C)C(=O)O. The lowest BCUT2D eigenvalue weighted by atomic mass is 9.83. The molecule has 0 radical (unpaired) electrons. The molecular formula is C25H25Cl2N3O4. The summed E-state index contributed by atoms with van der Waals surface area (Å²) in [7, 11) is 1.81. The summed E-state index contributed by atoms with van der Waals surface area (Å²) in [5.74, 6) is -1.30. The number of amides is 1. The van der Waals surface area contributed by atoms with Crippen molar-refractivity contribution in [3.8, 4) is 16.9 Å². The van der Waals surface area contributed by atoms with Gasteiger partial charge in [-0.3, -0.25) is 14.3 Å². The Hall–Kier alpha value is -3.03. The molecule has 0 spiro atoms. The molecule has 2 atom stereocenters. The molecule has 1 aliphatic rings. The second kappa shape index (κ2) is 9.68. The number of fused-ring (bicyclic) bond motifs is 1. The molecule has 1 aliphatic heterocycles. The van der Waals surface area contributed by atoms with Crippen molar-refractivity contribution in [2.45, 2.75) is 32.7 Å². The number of benzene rings is 2. The Morgan fingerprint density at radius 1 is 1.21 bits per heavy atom. The van der Waals surface area contributed by atoms with Gasteiger partial charge in [0.15, 0.2) is 6.73 Å². The molecule has 34 heavy (non-hydrogen) atoms. The van der Waals surface area contributed by atoms with Crippen LogP contribution in [0.15, 0.2) is 42.7 Å². The Bertz CT molecular complexity index is 1230. The number of carbonyl (C=O) groups is 2. The summed E-state index contributed by atoms with van der Waals surface area (Å²) in [6, 6.07) is 9.05. The van der Waals surface area contributed by atoms with Crippen LogP contribution in [0.2, 0.25) is 10.0 Å². The molecule has 9 heteroatoms. The number of carbonyl (C=O) groups excluding carboxylic acids is 1. The van der Waals surface area contributed by atoms with Gasteiger partial charge in [-0.2, -0.15) is 5.10 Å². The van der Waals surface area contributed by atoms with E-state index in [2.05, 4.69) is 5.10 Å². The van der Waals surface area contributed by atoms with Gasteiger partial charge in [-0.15, -0.1) is 0 Å². The fourth-order valence-corrected chi connectivity index (χ4v) is 5.06. The van der Waals surface area contributed by atoms with Gasteiger partial charge < -0.3 is 14.7 Å². The number of nitrogens with zero attached hydrogens (tertiary/aromatic N) is 3. The zero-order valence-corrected chi connectivity index (χ0v) is 20.6. The minimum absolute atomic E-state index is 0.0117. The topological polar surface area (TPSA) is 84.7 Å². The van der Waals surface area contributed by atoms with Crippen molar-refractivity contribution in [1.29, 1.82) is 0 Å². The third kappa shape index (κ3) is 4.50. The van der Waals surface area contributed by atoms with E-state index in [-0.39, 0.29) is 34.2 Å². The second-order valence-corrected chi connectivity index (χ2v) is 9.29. The molecule has 0 saturated carbocycles. The van der Waals surface area contributed by atoms with Crippen LogP contribution in [0.5, 0.6) is 5.75 Å². The normalized spacial score (nSPS) is 14.8. The van der Waals surface area contributed by atoms with E-state index in [1.807, 2.05) is 38.4 Å². The Labute approximate surface area is 207 Å². The lowest BCUT2D eigenvalue weighted by Gasteiger charge is -2.32. The van der Waals surface area contributed by atoms with Crippen LogP contribution in [0.4, 0.5) is 0 Å². The fourth-order valence-electron chi connectivity index (χ4n) is 4.41. The molecule has 0 saturated heterocycles. The molecule has 1 amide bonds. The molecule has 1 aromatic heterocycles. The predicted molar refractivity (Wildman–Crippen MR) is 130 cm³/mol. The Morgan fingerprint density at radius 3 is 2.50 bits per heavy atom. The van der Waals surface area contributed by atoms with Crippen molar-refractivity contribution in [2.75, 3.05) is 6.73 Å². The van der Waals surface area contributed by atoms with Crippen LogP contribution < -0.4 is 4.74 Å². The summed E-state index contributed by atoms with van der Waals surface area (Å²) < 4.78 is 7.69. The highest BCUT2D eigenvalue weighted by Crippen LogP contribution is 2.40. The number of aromatic nitrogens is 2. The number of para-hydroxylation sites is 1. The van der Waals surface area contributed by atoms with E-state index in [0.29, 0.717) is 18.7 Å². The van der Waals surface area contributed by atoms with E-state index in [1.165, 1.54) is 4.90 Å². The Kier molecular flexibility index (Phi) is 6.86. The Balaban J connectivity index is 1.61. The zero-order chi connectivity index (χ0) is 24.6. The summed E-state index contributed by atoms with van der Waals surface area (Å²) in [6.07, 6.45) is 4.20. The van der Waals surface area contributed by atoms with Gasteiger partial charge in [0.05, 0.1) is 34.3 Å². The molecule has 2 heterocycles. The molecule has 7 nitrogen and oxygen atoms in total. The second-order valence-electron chi connectivity index (χ2n) is 8.47. The third-order valence-corrected chi connectivity index (χ3v) is 6.86. The lowest BCUT2D eigenvalue weighted by Crippen LogP contribution is -2.38. The number of hydrogen-bond donors (Lipinski definition) is 1. The number of carboxylic acids is 1. The molecule has 178 valence electrons. The van der Waals surface area contributed by atoms with Crippen molar-refractivity contribution in [2.24, 2.45) is 13.0 Å². The summed E-state index contributed by atoms with van der Waals surface area (Å²) in [4.78, 5) is 26.5. The predicted octanol–water partition coefficient (Wildman–Crippen LogP) is 5.60. The van der Waals surface area contributed by atoms with E-state index in [1.54, 1.807) is 29.9 Å². The van der Waals surface area contributed by atoms with E-state index in [0.717, 1.165) is 22.3 Å². The summed E-state index contributed by atoms with van der Waals surface area (Å²) >= 11 is 13.0. The fraction of sp³-hybridized carbons (Fsp3) is 0.320. The Morgan fingerprint density at radius 2 is 1.91 bits per heavy atom. The van der Waals surface area contributed by atoms with Gasteiger partial charge in [-0.05, 0) is 29.7 Å². The van der Waals surface area contributed by atoms with Crippen molar-refractivity contribution in [1.82, 2.24) is 14.7 Å². The standard InChI is InChI=1S/C25H25Cl2N3O4/c1-4-18(14(2)25(32)33)19-7-5-6-15-12-30(13-34-23(15)19)24(31)22-20(26)8-16(9-21(22)27)17-10-28-29(3)11-17/h5-11,14,18H,4,12-13H2,1-3H3,(H,32,33)/t14-,18+/m0/s1. The molecular weight excluding hydrogens is 477 g/mol. The van der Waals surface area contributed by atoms with E-state index in [9.17, 15) is 14.7 Å². The van der Waals surface area contributed by atoms with Gasteiger partial charge >= 0.3 is 5.97 Å². The van der Waals surface area contributed by atoms with Gasteiger partial charge in [-0.1, -0.05) is 55.2 Å². The van der Waals surface area contributed by atoms with Gasteiger partial charge in [0, 0.05) is 30.3 Å². The first-order chi connectivity index (χ1) is 16.2. The number of carboxylic acid groups (broad SMARTS) is 1. The van der Waals surface area contributed by atoms with Gasteiger partial charge in [-0.25, -0.2) is 0 Å². The van der Waals surface area contributed by atoms with Crippen molar-refractivity contribution in [3.05, 3.63) is 69.5 Å². The van der Waals surface area contributed by atoms with E-state index >= 15 is 0 Å². The van der Waals surface area contributed by atoms with Crippen LogP contribution in [0.3, 0.4) is 0 Å². The molecule has 0 aliphatic carbocycles. The van der Waals surface area contributed by atoms with Crippen LogP contribution in [-0.2, 0) is 18.4 Å². The van der Waals surface area contributed by atoms with Crippen LogP contribution in [0.1, 0.15) is 47.7 Å². The number of ether oxygens (including phenoxy) is 1. The van der Waals surface area contributed by atoms with Crippen molar-refractivity contribution >= 4 is 35.1 Å². The first kappa shape index (κ1) is 24.1. The number of rotatable bonds is 6. The number of aryl methyl sites for hydroxylation is 1. The van der Waals surface area contributed by atoms with Gasteiger partial charge in [0.1, 0.15) is 5.75 Å². The lowest BCUT2D eigenvalue weighted by molar-refractivity contribution is -0.141. The van der Waals surface area contributed by atoms with Crippen LogP contribution in [-0.4, -0.2) is 38.4 Å². The van der Waals surface area contributed by atoms with Crippen LogP contribution in [0, 0.1) is 5.92 Å². The molecule has 0 unspecified atom stereocenters. The van der Waals surface area contributed by atoms with E-state index < -0.39 is 11.9 Å². The highest BCUT2D eigenvalue weighted by Gasteiger charge is 2.31. The van der Waals surface area contributed by atoms with Gasteiger partial charge in [0.25, 0.3) is 5.91 Å². The average molecular weight is 502 g/mol. The summed E-state index contributed by atoms with van der Waals surface area (Å²) in [5, 5.41) is 14.2. The quantitative estimate of drug-likeness (QED) is 0.475. The maximum atomic E-state index is 13.4. The smallest absolute Gasteiger partial charge is 0.306 e. The average Bonchev–Trinajstić information content (AvgIpc) is 3.25. The largest absolute Gasteiger partial charge is 0.481 e. The maximum Gasteiger partial charge on any atom is 0.306 e. The first-order valence-electron chi connectivity index (χ1n) is 11.0. The van der Waals surface area contributed by atoms with Gasteiger partial charge in [0.2, 0.25) is 0 Å².